The van der Waals surface area contributed by atoms with Gasteiger partial charge in [0, 0.05) is 5.56 Å². The van der Waals surface area contributed by atoms with Crippen LogP contribution < -0.4 is 4.74 Å². The number of benzene rings is 3. The van der Waals surface area contributed by atoms with Crippen molar-refractivity contribution in [3.05, 3.63) is 89.0 Å². The van der Waals surface area contributed by atoms with Gasteiger partial charge in [-0.05, 0) is 53.8 Å². The zero-order valence-electron chi connectivity index (χ0n) is 15.0. The number of allylic oxidation sites excluding steroid dienone is 4. The SMILES string of the molecule is COc1ccc2ccccc2c1C1=C(C)CC(C)=C1c1ccccc1. The summed E-state index contributed by atoms with van der Waals surface area (Å²) in [4.78, 5) is 0. The second kappa shape index (κ2) is 6.25. The Kier molecular flexibility index (Phi) is 3.93. The molecule has 3 aromatic rings. The summed E-state index contributed by atoms with van der Waals surface area (Å²) in [6, 6.07) is 23.5. The van der Waals surface area contributed by atoms with Gasteiger partial charge in [-0.3, -0.25) is 0 Å². The van der Waals surface area contributed by atoms with Crippen molar-refractivity contribution < 1.29 is 4.74 Å². The summed E-state index contributed by atoms with van der Waals surface area (Å²) < 4.78 is 5.78. The van der Waals surface area contributed by atoms with Gasteiger partial charge in [0.05, 0.1) is 7.11 Å². The van der Waals surface area contributed by atoms with Crippen molar-refractivity contribution in [3.8, 4) is 5.75 Å². The van der Waals surface area contributed by atoms with Crippen LogP contribution in [0.15, 0.2) is 77.9 Å². The van der Waals surface area contributed by atoms with Gasteiger partial charge in [-0.2, -0.15) is 0 Å². The predicted octanol–water partition coefficient (Wildman–Crippen LogP) is 6.50. The van der Waals surface area contributed by atoms with Gasteiger partial charge in [0.1, 0.15) is 5.75 Å². The smallest absolute Gasteiger partial charge is 0.127 e. The number of hydrogen-bond donors (Lipinski definition) is 0. The van der Waals surface area contributed by atoms with E-state index in [0.29, 0.717) is 0 Å². The van der Waals surface area contributed by atoms with Gasteiger partial charge in [0.2, 0.25) is 0 Å². The Balaban J connectivity index is 2.04. The van der Waals surface area contributed by atoms with Gasteiger partial charge < -0.3 is 4.74 Å². The molecule has 0 aromatic heterocycles. The molecule has 4 rings (SSSR count). The third kappa shape index (κ3) is 2.56. The van der Waals surface area contributed by atoms with E-state index in [2.05, 4.69) is 80.6 Å². The van der Waals surface area contributed by atoms with Crippen LogP contribution in [0, 0.1) is 0 Å². The average Bonchev–Trinajstić information content (AvgIpc) is 2.95. The number of fused-ring (bicyclic) bond motifs is 1. The Morgan fingerprint density at radius 1 is 0.720 bits per heavy atom. The van der Waals surface area contributed by atoms with Crippen molar-refractivity contribution in [2.24, 2.45) is 0 Å². The highest BCUT2D eigenvalue weighted by Crippen LogP contribution is 2.48. The van der Waals surface area contributed by atoms with Crippen LogP contribution in [-0.4, -0.2) is 7.11 Å². The minimum Gasteiger partial charge on any atom is -0.496 e. The molecule has 0 fully saturated rings. The van der Waals surface area contributed by atoms with Gasteiger partial charge in [0.15, 0.2) is 0 Å². The molecule has 1 heteroatoms. The molecule has 3 aromatic carbocycles. The van der Waals surface area contributed by atoms with Crippen LogP contribution in [0.3, 0.4) is 0 Å². The molecule has 0 aliphatic heterocycles. The number of hydrogen-bond acceptors (Lipinski definition) is 1. The fraction of sp³-hybridized carbons (Fsp3) is 0.167. The summed E-state index contributed by atoms with van der Waals surface area (Å²) in [6.45, 7) is 4.49. The molecule has 0 spiro atoms. The van der Waals surface area contributed by atoms with Crippen LogP contribution >= 0.6 is 0 Å². The van der Waals surface area contributed by atoms with E-state index in [1.807, 2.05) is 0 Å². The van der Waals surface area contributed by atoms with Crippen molar-refractivity contribution >= 4 is 21.9 Å². The minimum atomic E-state index is 0.941. The predicted molar refractivity (Wildman–Crippen MR) is 107 cm³/mol. The first-order valence-corrected chi connectivity index (χ1v) is 8.72. The Morgan fingerprint density at radius 2 is 1.40 bits per heavy atom. The van der Waals surface area contributed by atoms with Gasteiger partial charge in [-0.15, -0.1) is 0 Å². The molecule has 0 atom stereocenters. The first-order valence-electron chi connectivity index (χ1n) is 8.72. The van der Waals surface area contributed by atoms with E-state index in [1.54, 1.807) is 7.11 Å². The maximum absolute atomic E-state index is 5.78. The lowest BCUT2D eigenvalue weighted by Gasteiger charge is -2.18. The van der Waals surface area contributed by atoms with Gasteiger partial charge in [-0.25, -0.2) is 0 Å². The molecule has 1 nitrogen and oxygen atoms in total. The summed E-state index contributed by atoms with van der Waals surface area (Å²) in [5.41, 5.74) is 8.01. The van der Waals surface area contributed by atoms with Gasteiger partial charge in [-0.1, -0.05) is 71.8 Å². The van der Waals surface area contributed by atoms with Crippen LogP contribution in [0.2, 0.25) is 0 Å². The lowest BCUT2D eigenvalue weighted by molar-refractivity contribution is 0.414. The Bertz CT molecular complexity index is 1010. The molecule has 0 N–H and O–H groups in total. The lowest BCUT2D eigenvalue weighted by Crippen LogP contribution is -1.96. The largest absolute Gasteiger partial charge is 0.496 e. The number of ether oxygens (including phenoxy) is 1. The van der Waals surface area contributed by atoms with Crippen molar-refractivity contribution in [2.75, 3.05) is 7.11 Å². The maximum atomic E-state index is 5.78. The first-order chi connectivity index (χ1) is 12.2. The van der Waals surface area contributed by atoms with E-state index in [9.17, 15) is 0 Å². The van der Waals surface area contributed by atoms with E-state index in [-0.39, 0.29) is 0 Å². The molecule has 25 heavy (non-hydrogen) atoms. The van der Waals surface area contributed by atoms with Crippen molar-refractivity contribution in [1.29, 1.82) is 0 Å². The third-order valence-electron chi connectivity index (χ3n) is 5.06. The van der Waals surface area contributed by atoms with E-state index < -0.39 is 0 Å². The normalized spacial score (nSPS) is 14.5. The Labute approximate surface area is 149 Å². The van der Waals surface area contributed by atoms with E-state index in [4.69, 9.17) is 4.74 Å². The van der Waals surface area contributed by atoms with Crippen LogP contribution in [0.25, 0.3) is 21.9 Å². The molecule has 0 saturated carbocycles. The van der Waals surface area contributed by atoms with Crippen LogP contribution in [0.1, 0.15) is 31.4 Å². The summed E-state index contributed by atoms with van der Waals surface area (Å²) >= 11 is 0. The molecule has 0 bridgehead atoms. The standard InChI is InChI=1S/C24H22O/c1-16-15-17(2)23(22(16)19-10-5-4-6-11-19)24-20-12-8-7-9-18(20)13-14-21(24)25-3/h4-14H,15H2,1-3H3. The molecule has 1 aliphatic rings. The summed E-state index contributed by atoms with van der Waals surface area (Å²) in [7, 11) is 1.76. The second-order valence-corrected chi connectivity index (χ2v) is 6.72. The van der Waals surface area contributed by atoms with Crippen molar-refractivity contribution in [2.45, 2.75) is 20.3 Å². The molecule has 0 radical (unpaired) electrons. The van der Waals surface area contributed by atoms with Crippen LogP contribution in [0.5, 0.6) is 5.75 Å². The highest BCUT2D eigenvalue weighted by atomic mass is 16.5. The zero-order valence-corrected chi connectivity index (χ0v) is 15.0. The summed E-state index contributed by atoms with van der Waals surface area (Å²) in [6.07, 6.45) is 1.02. The Morgan fingerprint density at radius 3 is 2.16 bits per heavy atom. The fourth-order valence-electron chi connectivity index (χ4n) is 4.01. The van der Waals surface area contributed by atoms with Gasteiger partial charge >= 0.3 is 0 Å². The molecule has 124 valence electrons. The lowest BCUT2D eigenvalue weighted by atomic mass is 9.88. The summed E-state index contributed by atoms with van der Waals surface area (Å²) in [5.74, 6) is 0.941. The second-order valence-electron chi connectivity index (χ2n) is 6.72. The highest BCUT2D eigenvalue weighted by molar-refractivity contribution is 6.15. The van der Waals surface area contributed by atoms with Crippen LogP contribution in [-0.2, 0) is 0 Å². The van der Waals surface area contributed by atoms with E-state index in [0.717, 1.165) is 12.2 Å². The average molecular weight is 326 g/mol. The minimum absolute atomic E-state index is 0.941. The molecule has 1 aliphatic carbocycles. The maximum Gasteiger partial charge on any atom is 0.127 e. The Hall–Kier alpha value is -2.80. The summed E-state index contributed by atoms with van der Waals surface area (Å²) in [5, 5.41) is 2.50. The fourth-order valence-corrected chi connectivity index (χ4v) is 4.01. The molecular formula is C24H22O. The zero-order chi connectivity index (χ0) is 17.4. The van der Waals surface area contributed by atoms with Crippen molar-refractivity contribution in [3.63, 3.8) is 0 Å². The van der Waals surface area contributed by atoms with Crippen molar-refractivity contribution in [1.82, 2.24) is 0 Å². The number of rotatable bonds is 3. The molecule has 0 saturated heterocycles. The third-order valence-corrected chi connectivity index (χ3v) is 5.06. The highest BCUT2D eigenvalue weighted by Gasteiger charge is 2.25. The van der Waals surface area contributed by atoms with E-state index >= 15 is 0 Å². The molecular weight excluding hydrogens is 304 g/mol. The monoisotopic (exact) mass is 326 g/mol. The quantitative estimate of drug-likeness (QED) is 0.534. The van der Waals surface area contributed by atoms with E-state index in [1.165, 1.54) is 44.2 Å². The van der Waals surface area contributed by atoms with Crippen LogP contribution in [0.4, 0.5) is 0 Å². The molecule has 0 unspecified atom stereocenters. The number of methoxy groups -OCH3 is 1. The van der Waals surface area contributed by atoms with Gasteiger partial charge in [0.25, 0.3) is 0 Å². The first kappa shape index (κ1) is 15.7. The topological polar surface area (TPSA) is 9.23 Å². The molecule has 0 heterocycles. The molecule has 0 amide bonds.